The number of benzene rings is 1. The summed E-state index contributed by atoms with van der Waals surface area (Å²) in [6, 6.07) is 5.61. The maximum absolute atomic E-state index is 11.2. The zero-order chi connectivity index (χ0) is 10.1. The van der Waals surface area contributed by atoms with E-state index in [-0.39, 0.29) is 5.91 Å². The minimum absolute atomic E-state index is 0.300. The van der Waals surface area contributed by atoms with E-state index in [1.54, 1.807) is 6.07 Å². The summed E-state index contributed by atoms with van der Waals surface area (Å²) in [5.41, 5.74) is 8.03. The highest BCUT2D eigenvalue weighted by atomic mass is 16.1. The van der Waals surface area contributed by atoms with Gasteiger partial charge in [-0.15, -0.1) is 0 Å². The fraction of sp³-hybridized carbons (Fsp3) is 0.273. The summed E-state index contributed by atoms with van der Waals surface area (Å²) in [4.78, 5) is 11.2. The first kappa shape index (κ1) is 9.06. The van der Waals surface area contributed by atoms with Crippen LogP contribution in [0.2, 0.25) is 0 Å². The zero-order valence-electron chi connectivity index (χ0n) is 8.08. The van der Waals surface area contributed by atoms with Gasteiger partial charge < -0.3 is 11.1 Å². The number of nitrogens with two attached hydrogens (primary N) is 1. The van der Waals surface area contributed by atoms with Crippen LogP contribution in [0.1, 0.15) is 28.8 Å². The number of rotatable bonds is 2. The summed E-state index contributed by atoms with van der Waals surface area (Å²) in [6.07, 6.45) is 2.09. The summed E-state index contributed by atoms with van der Waals surface area (Å²) in [6.45, 7) is 2.86. The van der Waals surface area contributed by atoms with Gasteiger partial charge in [0.1, 0.15) is 0 Å². The van der Waals surface area contributed by atoms with Crippen LogP contribution in [-0.2, 0) is 0 Å². The topological polar surface area (TPSA) is 55.1 Å². The lowest BCUT2D eigenvalue weighted by Gasteiger charge is -2.09. The lowest BCUT2D eigenvalue weighted by atomic mass is 9.93. The van der Waals surface area contributed by atoms with Crippen molar-refractivity contribution in [3.8, 4) is 0 Å². The van der Waals surface area contributed by atoms with E-state index in [0.29, 0.717) is 11.5 Å². The van der Waals surface area contributed by atoms with E-state index in [4.69, 9.17) is 5.73 Å². The molecule has 1 aromatic carbocycles. The maximum atomic E-state index is 11.2. The second-order valence-corrected chi connectivity index (χ2v) is 3.45. The van der Waals surface area contributed by atoms with Gasteiger partial charge in [0.15, 0.2) is 0 Å². The Bertz CT molecular complexity index is 374. The molecule has 3 N–H and O–H groups in total. The van der Waals surface area contributed by atoms with E-state index in [1.807, 2.05) is 19.1 Å². The number of primary amides is 1. The van der Waals surface area contributed by atoms with Gasteiger partial charge >= 0.3 is 0 Å². The van der Waals surface area contributed by atoms with Crippen molar-refractivity contribution in [3.05, 3.63) is 35.7 Å². The number of hydrogen-bond donors (Lipinski definition) is 2. The van der Waals surface area contributed by atoms with Gasteiger partial charge in [-0.3, -0.25) is 4.79 Å². The van der Waals surface area contributed by atoms with Gasteiger partial charge in [-0.25, -0.2) is 0 Å². The van der Waals surface area contributed by atoms with Crippen molar-refractivity contribution in [1.82, 2.24) is 0 Å². The SMILES string of the molecule is C[CH]C1CNc2cccc(C(N)=O)c21. The predicted octanol–water partition coefficient (Wildman–Crippen LogP) is 1.52. The molecule has 1 aromatic rings. The molecule has 0 aliphatic carbocycles. The number of nitrogens with one attached hydrogen (secondary N) is 1. The Kier molecular flexibility index (Phi) is 2.15. The van der Waals surface area contributed by atoms with Crippen LogP contribution in [0.15, 0.2) is 18.2 Å². The van der Waals surface area contributed by atoms with Gasteiger partial charge in [-0.05, 0) is 24.1 Å². The lowest BCUT2D eigenvalue weighted by molar-refractivity contribution is 0.0999. The number of fused-ring (bicyclic) bond motifs is 1. The van der Waals surface area contributed by atoms with Crippen LogP contribution >= 0.6 is 0 Å². The Morgan fingerprint density at radius 2 is 2.43 bits per heavy atom. The quantitative estimate of drug-likeness (QED) is 0.741. The second kappa shape index (κ2) is 3.33. The fourth-order valence-electron chi connectivity index (χ4n) is 1.94. The van der Waals surface area contributed by atoms with Crippen molar-refractivity contribution in [2.45, 2.75) is 12.8 Å². The third-order valence-electron chi connectivity index (χ3n) is 2.66. The van der Waals surface area contributed by atoms with E-state index in [0.717, 1.165) is 17.8 Å². The van der Waals surface area contributed by atoms with Crippen LogP contribution in [0.4, 0.5) is 5.69 Å². The van der Waals surface area contributed by atoms with Crippen molar-refractivity contribution in [2.75, 3.05) is 11.9 Å². The van der Waals surface area contributed by atoms with E-state index >= 15 is 0 Å². The average molecular weight is 189 g/mol. The molecule has 1 atom stereocenters. The van der Waals surface area contributed by atoms with Gasteiger partial charge in [0.2, 0.25) is 5.91 Å². The summed E-state index contributed by atoms with van der Waals surface area (Å²) >= 11 is 0. The third kappa shape index (κ3) is 1.25. The maximum Gasteiger partial charge on any atom is 0.249 e. The van der Waals surface area contributed by atoms with Crippen molar-refractivity contribution >= 4 is 11.6 Å². The molecule has 0 saturated heterocycles. The van der Waals surface area contributed by atoms with Crippen molar-refractivity contribution in [2.24, 2.45) is 5.73 Å². The Hall–Kier alpha value is -1.51. The van der Waals surface area contributed by atoms with Gasteiger partial charge in [-0.2, -0.15) is 0 Å². The molecule has 3 nitrogen and oxygen atoms in total. The molecule has 1 radical (unpaired) electrons. The van der Waals surface area contributed by atoms with Gasteiger partial charge in [-0.1, -0.05) is 13.0 Å². The lowest BCUT2D eigenvalue weighted by Crippen LogP contribution is -2.14. The minimum Gasteiger partial charge on any atom is -0.384 e. The molecule has 1 aliphatic heterocycles. The number of carbonyl (C=O) groups is 1. The normalized spacial score (nSPS) is 18.8. The Balaban J connectivity index is 2.54. The highest BCUT2D eigenvalue weighted by Crippen LogP contribution is 2.35. The number of hydrogen-bond acceptors (Lipinski definition) is 2. The molecule has 1 unspecified atom stereocenters. The molecule has 1 heterocycles. The number of anilines is 1. The first-order valence-corrected chi connectivity index (χ1v) is 4.70. The summed E-state index contributed by atoms with van der Waals surface area (Å²) in [5.74, 6) is -0.0499. The molecule has 1 amide bonds. The molecule has 0 fully saturated rings. The molecule has 2 rings (SSSR count). The zero-order valence-corrected chi connectivity index (χ0v) is 8.08. The van der Waals surface area contributed by atoms with E-state index in [1.165, 1.54) is 0 Å². The molecule has 0 bridgehead atoms. The summed E-state index contributed by atoms with van der Waals surface area (Å²) in [5, 5.41) is 3.26. The summed E-state index contributed by atoms with van der Waals surface area (Å²) < 4.78 is 0. The van der Waals surface area contributed by atoms with Crippen molar-refractivity contribution in [3.63, 3.8) is 0 Å². The molecule has 3 heteroatoms. The Labute approximate surface area is 83.3 Å². The third-order valence-corrected chi connectivity index (χ3v) is 2.66. The van der Waals surface area contributed by atoms with Crippen LogP contribution in [-0.4, -0.2) is 12.5 Å². The smallest absolute Gasteiger partial charge is 0.249 e. The minimum atomic E-state index is -0.350. The van der Waals surface area contributed by atoms with Crippen molar-refractivity contribution < 1.29 is 4.79 Å². The van der Waals surface area contributed by atoms with Crippen LogP contribution in [0.25, 0.3) is 0 Å². The molecule has 0 spiro atoms. The second-order valence-electron chi connectivity index (χ2n) is 3.45. The first-order chi connectivity index (χ1) is 6.74. The standard InChI is InChI=1S/C11H13N2O/c1-2-7-6-13-9-5-3-4-8(10(7)9)11(12)14/h2-5,7,13H,6H2,1H3,(H2,12,14). The van der Waals surface area contributed by atoms with Crippen molar-refractivity contribution in [1.29, 1.82) is 0 Å². The van der Waals surface area contributed by atoms with Gasteiger partial charge in [0.05, 0.1) is 0 Å². The summed E-state index contributed by atoms with van der Waals surface area (Å²) in [7, 11) is 0. The fourth-order valence-corrected chi connectivity index (χ4v) is 1.94. The van der Waals surface area contributed by atoms with Crippen LogP contribution < -0.4 is 11.1 Å². The highest BCUT2D eigenvalue weighted by molar-refractivity contribution is 5.96. The molecule has 73 valence electrons. The van der Waals surface area contributed by atoms with Crippen LogP contribution in [0.5, 0.6) is 0 Å². The molecule has 0 saturated carbocycles. The number of carbonyl (C=O) groups excluding carboxylic acids is 1. The van der Waals surface area contributed by atoms with Crippen LogP contribution in [0.3, 0.4) is 0 Å². The highest BCUT2D eigenvalue weighted by Gasteiger charge is 2.25. The Morgan fingerprint density at radius 3 is 3.07 bits per heavy atom. The Morgan fingerprint density at radius 1 is 1.64 bits per heavy atom. The van der Waals surface area contributed by atoms with E-state index in [9.17, 15) is 4.79 Å². The van der Waals surface area contributed by atoms with E-state index < -0.39 is 0 Å². The molecule has 14 heavy (non-hydrogen) atoms. The molecular weight excluding hydrogens is 176 g/mol. The molecular formula is C11H13N2O. The first-order valence-electron chi connectivity index (χ1n) is 4.70. The average Bonchev–Trinajstić information content (AvgIpc) is 2.59. The molecule has 1 aliphatic rings. The monoisotopic (exact) mass is 189 g/mol. The largest absolute Gasteiger partial charge is 0.384 e. The number of amides is 1. The van der Waals surface area contributed by atoms with Gasteiger partial charge in [0.25, 0.3) is 0 Å². The van der Waals surface area contributed by atoms with Gasteiger partial charge in [0, 0.05) is 23.7 Å². The predicted molar refractivity (Wildman–Crippen MR) is 56.2 cm³/mol. The van der Waals surface area contributed by atoms with E-state index in [2.05, 4.69) is 11.7 Å². The van der Waals surface area contributed by atoms with Crippen LogP contribution in [0, 0.1) is 6.42 Å². The molecule has 0 aromatic heterocycles.